The first kappa shape index (κ1) is 11.2. The zero-order valence-corrected chi connectivity index (χ0v) is 10.7. The molecule has 2 bridgehead atoms. The zero-order valence-electron chi connectivity index (χ0n) is 10.7. The summed E-state index contributed by atoms with van der Waals surface area (Å²) in [5.41, 5.74) is 2.17. The first-order valence-corrected chi connectivity index (χ1v) is 6.07. The largest absolute Gasteiger partial charge is 0.310 e. The summed E-state index contributed by atoms with van der Waals surface area (Å²) in [7, 11) is 0. The number of hydrogen-bond donors (Lipinski definition) is 0. The van der Waals surface area contributed by atoms with E-state index in [4.69, 9.17) is 14.5 Å². The lowest BCUT2D eigenvalue weighted by Crippen LogP contribution is -2.45. The summed E-state index contributed by atoms with van der Waals surface area (Å²) < 4.78 is 6.04. The van der Waals surface area contributed by atoms with Gasteiger partial charge in [-0.05, 0) is 5.56 Å². The minimum absolute atomic E-state index is 0.183. The second kappa shape index (κ2) is 3.31. The van der Waals surface area contributed by atoms with Gasteiger partial charge in [0.2, 0.25) is 12.1 Å². The fraction of sp³-hybridized carbons (Fsp3) is 0.571. The quantitative estimate of drug-likeness (QED) is 0.644. The molecule has 0 amide bonds. The molecule has 0 N–H and O–H groups in total. The minimum atomic E-state index is -0.777. The molecule has 2 aliphatic heterocycles. The summed E-state index contributed by atoms with van der Waals surface area (Å²) in [6.45, 7) is 8.41. The molecule has 0 saturated carbocycles. The predicted molar refractivity (Wildman–Crippen MR) is 63.0 cm³/mol. The van der Waals surface area contributed by atoms with Crippen LogP contribution in [0.4, 0.5) is 0 Å². The van der Waals surface area contributed by atoms with Gasteiger partial charge in [0.05, 0.1) is 0 Å². The molecule has 3 heteroatoms. The Morgan fingerprint density at radius 2 is 1.88 bits per heavy atom. The summed E-state index contributed by atoms with van der Waals surface area (Å²) in [6, 6.07) is 8.27. The highest BCUT2D eigenvalue weighted by Crippen LogP contribution is 2.55. The zero-order chi connectivity index (χ0) is 12.3. The van der Waals surface area contributed by atoms with Crippen LogP contribution >= 0.6 is 0 Å². The Labute approximate surface area is 102 Å². The Balaban J connectivity index is 2.23. The van der Waals surface area contributed by atoms with Crippen LogP contribution in [-0.4, -0.2) is 6.29 Å². The number of fused-ring (bicyclic) bond motifs is 4. The van der Waals surface area contributed by atoms with Crippen molar-refractivity contribution in [1.29, 1.82) is 0 Å². The molecule has 3 nitrogen and oxygen atoms in total. The summed E-state index contributed by atoms with van der Waals surface area (Å²) in [6.07, 6.45) is -0.302. The Morgan fingerprint density at radius 1 is 1.18 bits per heavy atom. The molecule has 0 aliphatic carbocycles. The van der Waals surface area contributed by atoms with Crippen molar-refractivity contribution in [2.24, 2.45) is 5.41 Å². The lowest BCUT2D eigenvalue weighted by Gasteiger charge is -2.42. The summed E-state index contributed by atoms with van der Waals surface area (Å²) in [5.74, 6) is -0.579. The van der Waals surface area contributed by atoms with E-state index >= 15 is 0 Å². The Hall–Kier alpha value is -0.900. The molecule has 2 heterocycles. The number of ether oxygens (including phenoxy) is 1. The molecular formula is C14H18O3. The lowest BCUT2D eigenvalue weighted by molar-refractivity contribution is -0.360. The van der Waals surface area contributed by atoms with E-state index in [0.717, 1.165) is 5.56 Å². The third-order valence-corrected chi connectivity index (χ3v) is 3.74. The average Bonchev–Trinajstić information content (AvgIpc) is 2.69. The van der Waals surface area contributed by atoms with E-state index in [9.17, 15) is 0 Å². The lowest BCUT2D eigenvalue weighted by atomic mass is 9.76. The SMILES string of the molecule is C[C@H]1c2ccccc2[C@]2(C(C)(C)C)OO[C@H]1O2. The van der Waals surface area contributed by atoms with E-state index in [2.05, 4.69) is 45.9 Å². The molecule has 0 spiro atoms. The van der Waals surface area contributed by atoms with E-state index in [0.29, 0.717) is 0 Å². The molecule has 1 aromatic carbocycles. The van der Waals surface area contributed by atoms with Crippen molar-refractivity contribution < 1.29 is 14.5 Å². The molecule has 3 rings (SSSR count). The molecular weight excluding hydrogens is 216 g/mol. The number of hydrogen-bond acceptors (Lipinski definition) is 3. The molecule has 17 heavy (non-hydrogen) atoms. The van der Waals surface area contributed by atoms with Crippen LogP contribution in [-0.2, 0) is 20.3 Å². The highest BCUT2D eigenvalue weighted by atomic mass is 17.3. The van der Waals surface area contributed by atoms with Gasteiger partial charge in [-0.2, -0.15) is 4.89 Å². The van der Waals surface area contributed by atoms with Gasteiger partial charge in [-0.3, -0.25) is 0 Å². The molecule has 1 saturated heterocycles. The highest BCUT2D eigenvalue weighted by Gasteiger charge is 2.59. The fourth-order valence-corrected chi connectivity index (χ4v) is 2.66. The molecule has 1 aromatic rings. The molecule has 3 atom stereocenters. The molecule has 0 radical (unpaired) electrons. The van der Waals surface area contributed by atoms with Gasteiger partial charge < -0.3 is 4.74 Å². The van der Waals surface area contributed by atoms with E-state index in [-0.39, 0.29) is 17.6 Å². The second-order valence-corrected chi connectivity index (χ2v) is 5.91. The molecule has 92 valence electrons. The van der Waals surface area contributed by atoms with Gasteiger partial charge in [-0.1, -0.05) is 52.0 Å². The van der Waals surface area contributed by atoms with Gasteiger partial charge in [-0.25, -0.2) is 4.89 Å². The third kappa shape index (κ3) is 1.33. The molecule has 0 aromatic heterocycles. The number of benzene rings is 1. The maximum Gasteiger partial charge on any atom is 0.235 e. The standard InChI is InChI=1S/C14H18O3/c1-9-10-7-5-6-8-11(10)14(13(2,3)4)15-12(9)16-17-14/h5-9,12H,1-4H3/t9-,12+,14+/m0/s1. The van der Waals surface area contributed by atoms with Crippen LogP contribution in [0.15, 0.2) is 24.3 Å². The monoisotopic (exact) mass is 234 g/mol. The van der Waals surface area contributed by atoms with Crippen molar-refractivity contribution >= 4 is 0 Å². The van der Waals surface area contributed by atoms with Crippen LogP contribution in [0.3, 0.4) is 0 Å². The first-order valence-electron chi connectivity index (χ1n) is 6.07. The Bertz CT molecular complexity index is 449. The van der Waals surface area contributed by atoms with Crippen LogP contribution in [0.5, 0.6) is 0 Å². The second-order valence-electron chi connectivity index (χ2n) is 5.91. The maximum absolute atomic E-state index is 6.04. The fourth-order valence-electron chi connectivity index (χ4n) is 2.66. The molecule has 1 fully saturated rings. The summed E-state index contributed by atoms with van der Waals surface area (Å²) >= 11 is 0. The maximum atomic E-state index is 6.04. The van der Waals surface area contributed by atoms with E-state index in [1.54, 1.807) is 0 Å². The van der Waals surface area contributed by atoms with Crippen LogP contribution in [0.1, 0.15) is 44.7 Å². The number of rotatable bonds is 0. The molecule has 0 unspecified atom stereocenters. The van der Waals surface area contributed by atoms with Gasteiger partial charge in [0.15, 0.2) is 0 Å². The van der Waals surface area contributed by atoms with Gasteiger partial charge in [0, 0.05) is 16.9 Å². The summed E-state index contributed by atoms with van der Waals surface area (Å²) in [5, 5.41) is 0. The van der Waals surface area contributed by atoms with Gasteiger partial charge in [0.25, 0.3) is 0 Å². The smallest absolute Gasteiger partial charge is 0.235 e. The molecule has 2 aliphatic rings. The van der Waals surface area contributed by atoms with E-state index in [1.807, 2.05) is 6.07 Å². The van der Waals surface area contributed by atoms with Crippen molar-refractivity contribution in [2.75, 3.05) is 0 Å². The first-order chi connectivity index (χ1) is 7.96. The van der Waals surface area contributed by atoms with Gasteiger partial charge in [-0.15, -0.1) is 0 Å². The normalized spacial score (nSPS) is 35.8. The van der Waals surface area contributed by atoms with Crippen LogP contribution < -0.4 is 0 Å². The average molecular weight is 234 g/mol. The van der Waals surface area contributed by atoms with E-state index in [1.165, 1.54) is 5.56 Å². The van der Waals surface area contributed by atoms with Crippen LogP contribution in [0, 0.1) is 5.41 Å². The summed E-state index contributed by atoms with van der Waals surface area (Å²) in [4.78, 5) is 11.0. The van der Waals surface area contributed by atoms with Crippen molar-refractivity contribution in [3.05, 3.63) is 35.4 Å². The van der Waals surface area contributed by atoms with E-state index < -0.39 is 5.79 Å². The topological polar surface area (TPSA) is 27.7 Å². The van der Waals surface area contributed by atoms with Crippen molar-refractivity contribution in [2.45, 2.75) is 45.7 Å². The van der Waals surface area contributed by atoms with Gasteiger partial charge in [0.1, 0.15) is 0 Å². The Kier molecular flexibility index (Phi) is 2.18. The van der Waals surface area contributed by atoms with Crippen molar-refractivity contribution in [1.82, 2.24) is 0 Å². The van der Waals surface area contributed by atoms with Gasteiger partial charge >= 0.3 is 0 Å². The highest BCUT2D eigenvalue weighted by molar-refractivity contribution is 5.37. The predicted octanol–water partition coefficient (Wildman–Crippen LogP) is 3.31. The van der Waals surface area contributed by atoms with Crippen LogP contribution in [0.25, 0.3) is 0 Å². The van der Waals surface area contributed by atoms with Crippen LogP contribution in [0.2, 0.25) is 0 Å². The Morgan fingerprint density at radius 3 is 2.59 bits per heavy atom. The van der Waals surface area contributed by atoms with Crippen molar-refractivity contribution in [3.63, 3.8) is 0 Å². The third-order valence-electron chi connectivity index (χ3n) is 3.74. The van der Waals surface area contributed by atoms with Crippen molar-refractivity contribution in [3.8, 4) is 0 Å². The minimum Gasteiger partial charge on any atom is -0.310 e.